The fraction of sp³-hybridized carbons (Fsp3) is 0.154. The largest absolute Gasteiger partial charge is 0.497 e. The van der Waals surface area contributed by atoms with E-state index >= 15 is 0 Å². The van der Waals surface area contributed by atoms with E-state index in [1.165, 1.54) is 30.6 Å². The third-order valence-corrected chi connectivity index (χ3v) is 4.40. The number of carbonyl (C=O) groups excluding carboxylic acids is 1. The van der Waals surface area contributed by atoms with Gasteiger partial charge in [0.05, 0.1) is 26.8 Å². The molecule has 21 heavy (non-hydrogen) atoms. The van der Waals surface area contributed by atoms with Gasteiger partial charge in [0.2, 0.25) is 0 Å². The number of methoxy groups -OCH3 is 1. The van der Waals surface area contributed by atoms with Gasteiger partial charge in [-0.1, -0.05) is 0 Å². The van der Waals surface area contributed by atoms with Crippen LogP contribution < -0.4 is 10.1 Å². The van der Waals surface area contributed by atoms with Crippen LogP contribution in [0.15, 0.2) is 29.6 Å². The summed E-state index contributed by atoms with van der Waals surface area (Å²) in [5.41, 5.74) is -0.914. The number of ether oxygens (including phenoxy) is 1. The summed E-state index contributed by atoms with van der Waals surface area (Å²) in [5.74, 6) is -0.504. The smallest absolute Gasteiger partial charge is 0.418 e. The molecule has 0 bridgehead atoms. The Bertz CT molecular complexity index is 670. The Balaban J connectivity index is 2.33. The van der Waals surface area contributed by atoms with Crippen molar-refractivity contribution in [2.45, 2.75) is 6.18 Å². The van der Waals surface area contributed by atoms with E-state index in [1.807, 2.05) is 22.6 Å². The first-order valence-corrected chi connectivity index (χ1v) is 7.57. The third kappa shape index (κ3) is 3.88. The van der Waals surface area contributed by atoms with Crippen LogP contribution in [0.5, 0.6) is 5.75 Å². The summed E-state index contributed by atoms with van der Waals surface area (Å²) < 4.78 is 44.7. The molecule has 0 saturated carbocycles. The van der Waals surface area contributed by atoms with E-state index in [1.54, 1.807) is 11.4 Å². The standard InChI is InChI=1S/C13H9F3INO2S/c1-20-8-2-3-10(9(5-8)13(14,15)16)18-12(19)7-4-11(17)21-6-7/h2-6H,1H3,(H,18,19). The summed E-state index contributed by atoms with van der Waals surface area (Å²) in [6.07, 6.45) is -4.58. The molecule has 1 aromatic heterocycles. The zero-order chi connectivity index (χ0) is 15.6. The van der Waals surface area contributed by atoms with Crippen molar-refractivity contribution in [3.63, 3.8) is 0 Å². The first-order chi connectivity index (χ1) is 9.81. The number of hydrogen-bond donors (Lipinski definition) is 1. The van der Waals surface area contributed by atoms with Crippen LogP contribution in [0.4, 0.5) is 18.9 Å². The molecule has 0 unspecified atom stereocenters. The second-order valence-electron chi connectivity index (χ2n) is 4.00. The fourth-order valence-electron chi connectivity index (χ4n) is 1.62. The SMILES string of the molecule is COc1ccc(NC(=O)c2csc(I)c2)c(C(F)(F)F)c1. The number of halogens is 4. The molecule has 0 fully saturated rings. The Morgan fingerprint density at radius 1 is 1.33 bits per heavy atom. The van der Waals surface area contributed by atoms with Crippen molar-refractivity contribution in [2.24, 2.45) is 0 Å². The number of carbonyl (C=O) groups is 1. The monoisotopic (exact) mass is 427 g/mol. The molecule has 0 saturated heterocycles. The van der Waals surface area contributed by atoms with Crippen molar-refractivity contribution >= 4 is 45.5 Å². The Kier molecular flexibility index (Phi) is 4.77. The van der Waals surface area contributed by atoms with Crippen LogP contribution in [-0.2, 0) is 6.18 Å². The highest BCUT2D eigenvalue weighted by atomic mass is 127. The lowest BCUT2D eigenvalue weighted by atomic mass is 10.1. The highest BCUT2D eigenvalue weighted by molar-refractivity contribution is 14.1. The number of hydrogen-bond acceptors (Lipinski definition) is 3. The van der Waals surface area contributed by atoms with Gasteiger partial charge >= 0.3 is 6.18 Å². The maximum Gasteiger partial charge on any atom is 0.418 e. The average Bonchev–Trinajstić information content (AvgIpc) is 2.84. The van der Waals surface area contributed by atoms with Crippen LogP contribution in [0, 0.1) is 2.88 Å². The molecule has 0 radical (unpaired) electrons. The minimum atomic E-state index is -4.58. The number of rotatable bonds is 3. The molecule has 1 aromatic carbocycles. The van der Waals surface area contributed by atoms with Crippen molar-refractivity contribution in [3.05, 3.63) is 43.7 Å². The normalized spacial score (nSPS) is 11.3. The van der Waals surface area contributed by atoms with Crippen LogP contribution in [0.25, 0.3) is 0 Å². The van der Waals surface area contributed by atoms with Gasteiger partial charge in [0.25, 0.3) is 5.91 Å². The lowest BCUT2D eigenvalue weighted by Crippen LogP contribution is -2.16. The highest BCUT2D eigenvalue weighted by Crippen LogP contribution is 2.37. The van der Waals surface area contributed by atoms with E-state index in [2.05, 4.69) is 5.32 Å². The molecule has 0 aliphatic rings. The molecular weight excluding hydrogens is 418 g/mol. The van der Waals surface area contributed by atoms with Crippen molar-refractivity contribution < 1.29 is 22.7 Å². The van der Waals surface area contributed by atoms with Crippen LogP contribution >= 0.6 is 33.9 Å². The Hall–Kier alpha value is -1.29. The molecule has 0 spiro atoms. The molecule has 2 rings (SSSR count). The third-order valence-electron chi connectivity index (χ3n) is 2.61. The van der Waals surface area contributed by atoms with Crippen molar-refractivity contribution in [3.8, 4) is 5.75 Å². The summed E-state index contributed by atoms with van der Waals surface area (Å²) in [6, 6.07) is 5.00. The number of alkyl halides is 3. The Labute approximate surface area is 136 Å². The van der Waals surface area contributed by atoms with Gasteiger partial charge < -0.3 is 10.1 Å². The lowest BCUT2D eigenvalue weighted by Gasteiger charge is -2.14. The number of amides is 1. The zero-order valence-corrected chi connectivity index (χ0v) is 13.6. The van der Waals surface area contributed by atoms with E-state index < -0.39 is 17.6 Å². The summed E-state index contributed by atoms with van der Waals surface area (Å²) in [5, 5.41) is 3.88. The van der Waals surface area contributed by atoms with Crippen LogP contribution in [0.2, 0.25) is 0 Å². The summed E-state index contributed by atoms with van der Waals surface area (Å²) in [6.45, 7) is 0. The molecule has 1 N–H and O–H groups in total. The van der Waals surface area contributed by atoms with E-state index in [9.17, 15) is 18.0 Å². The molecule has 1 amide bonds. The summed E-state index contributed by atoms with van der Waals surface area (Å²) in [7, 11) is 1.28. The molecule has 8 heteroatoms. The average molecular weight is 427 g/mol. The second kappa shape index (κ2) is 6.22. The number of thiophene rings is 1. The van der Waals surface area contributed by atoms with E-state index in [0.29, 0.717) is 5.56 Å². The van der Waals surface area contributed by atoms with Gasteiger partial charge in [-0.05, 0) is 46.9 Å². The number of nitrogens with one attached hydrogen (secondary N) is 1. The minimum Gasteiger partial charge on any atom is -0.497 e. The maximum atomic E-state index is 13.0. The molecule has 112 valence electrons. The first-order valence-electron chi connectivity index (χ1n) is 5.62. The van der Waals surface area contributed by atoms with Gasteiger partial charge in [0.1, 0.15) is 5.75 Å². The van der Waals surface area contributed by atoms with Gasteiger partial charge in [-0.2, -0.15) is 13.2 Å². The van der Waals surface area contributed by atoms with Gasteiger partial charge in [0.15, 0.2) is 0 Å². The quantitative estimate of drug-likeness (QED) is 0.726. The van der Waals surface area contributed by atoms with E-state index in [-0.39, 0.29) is 11.4 Å². The number of benzene rings is 1. The van der Waals surface area contributed by atoms with Gasteiger partial charge in [0, 0.05) is 5.38 Å². The predicted molar refractivity (Wildman–Crippen MR) is 83.0 cm³/mol. The van der Waals surface area contributed by atoms with Gasteiger partial charge in [-0.25, -0.2) is 0 Å². The van der Waals surface area contributed by atoms with Crippen LogP contribution in [0.3, 0.4) is 0 Å². The Morgan fingerprint density at radius 2 is 2.05 bits per heavy atom. The van der Waals surface area contributed by atoms with E-state index in [0.717, 1.165) is 8.95 Å². The molecular formula is C13H9F3INO2S. The summed E-state index contributed by atoms with van der Waals surface area (Å²) in [4.78, 5) is 12.0. The summed E-state index contributed by atoms with van der Waals surface area (Å²) >= 11 is 3.38. The topological polar surface area (TPSA) is 38.3 Å². The van der Waals surface area contributed by atoms with Crippen molar-refractivity contribution in [1.29, 1.82) is 0 Å². The predicted octanol–water partition coefficient (Wildman–Crippen LogP) is 4.63. The molecule has 1 heterocycles. The molecule has 3 nitrogen and oxygen atoms in total. The Morgan fingerprint density at radius 3 is 2.57 bits per heavy atom. The molecule has 0 aliphatic heterocycles. The molecule has 0 atom stereocenters. The lowest BCUT2D eigenvalue weighted by molar-refractivity contribution is -0.137. The fourth-order valence-corrected chi connectivity index (χ4v) is 2.94. The zero-order valence-electron chi connectivity index (χ0n) is 10.6. The first kappa shape index (κ1) is 16.1. The van der Waals surface area contributed by atoms with Crippen molar-refractivity contribution in [2.75, 3.05) is 12.4 Å². The van der Waals surface area contributed by atoms with Gasteiger partial charge in [-0.15, -0.1) is 11.3 Å². The molecule has 2 aromatic rings. The highest BCUT2D eigenvalue weighted by Gasteiger charge is 2.34. The maximum absolute atomic E-state index is 13.0. The number of anilines is 1. The second-order valence-corrected chi connectivity index (χ2v) is 6.81. The van der Waals surface area contributed by atoms with E-state index in [4.69, 9.17) is 4.74 Å². The van der Waals surface area contributed by atoms with Crippen LogP contribution in [-0.4, -0.2) is 13.0 Å². The van der Waals surface area contributed by atoms with Gasteiger partial charge in [-0.3, -0.25) is 4.79 Å². The van der Waals surface area contributed by atoms with Crippen molar-refractivity contribution in [1.82, 2.24) is 0 Å². The van der Waals surface area contributed by atoms with Crippen LogP contribution in [0.1, 0.15) is 15.9 Å². The minimum absolute atomic E-state index is 0.0744. The molecule has 0 aliphatic carbocycles.